The molecule has 2 rings (SSSR count). The van der Waals surface area contributed by atoms with Crippen LogP contribution in [0.5, 0.6) is 0 Å². The Hall–Kier alpha value is -1.42. The molecular weight excluding hydrogens is 208 g/mol. The van der Waals surface area contributed by atoms with Crippen molar-refractivity contribution >= 4 is 33.1 Å². The van der Waals surface area contributed by atoms with Crippen molar-refractivity contribution in [3.8, 4) is 0 Å². The largest absolute Gasteiger partial charge is 0.326 e. The summed E-state index contributed by atoms with van der Waals surface area (Å²) in [7, 11) is 0. The van der Waals surface area contributed by atoms with Gasteiger partial charge in [-0.1, -0.05) is 13.8 Å². The van der Waals surface area contributed by atoms with Crippen LogP contribution in [0.15, 0.2) is 23.7 Å². The summed E-state index contributed by atoms with van der Waals surface area (Å²) < 4.78 is 1.09. The number of nitrogens with one attached hydrogen (secondary N) is 1. The van der Waals surface area contributed by atoms with Crippen LogP contribution in [0.4, 0.5) is 5.69 Å². The number of rotatable bonds is 2. The molecular formula is C11H12N2OS. The Morgan fingerprint density at radius 2 is 2.27 bits per heavy atom. The van der Waals surface area contributed by atoms with Gasteiger partial charge < -0.3 is 5.32 Å². The van der Waals surface area contributed by atoms with E-state index in [2.05, 4.69) is 10.3 Å². The van der Waals surface area contributed by atoms with Crippen molar-refractivity contribution < 1.29 is 4.79 Å². The van der Waals surface area contributed by atoms with E-state index in [1.165, 1.54) is 0 Å². The van der Waals surface area contributed by atoms with Gasteiger partial charge >= 0.3 is 0 Å². The van der Waals surface area contributed by atoms with Gasteiger partial charge in [-0.2, -0.15) is 0 Å². The first-order valence-electron chi connectivity index (χ1n) is 4.81. The van der Waals surface area contributed by atoms with E-state index < -0.39 is 0 Å². The van der Waals surface area contributed by atoms with E-state index in [-0.39, 0.29) is 11.8 Å². The topological polar surface area (TPSA) is 42.0 Å². The standard InChI is InChI=1S/C11H12N2OS/c1-7(2)11(14)13-8-3-4-9-10(5-8)15-6-12-9/h3-7H,1-2H3,(H,13,14). The van der Waals surface area contributed by atoms with E-state index in [0.29, 0.717) is 0 Å². The molecule has 1 amide bonds. The second-order valence-corrected chi connectivity index (χ2v) is 4.57. The normalized spacial score (nSPS) is 10.9. The number of amides is 1. The minimum atomic E-state index is 0.00200. The van der Waals surface area contributed by atoms with Gasteiger partial charge in [-0.15, -0.1) is 11.3 Å². The third kappa shape index (κ3) is 2.15. The Morgan fingerprint density at radius 3 is 3.00 bits per heavy atom. The van der Waals surface area contributed by atoms with Crippen molar-refractivity contribution in [2.45, 2.75) is 13.8 Å². The summed E-state index contributed by atoms with van der Waals surface area (Å²) in [5, 5.41) is 2.86. The van der Waals surface area contributed by atoms with Crippen LogP contribution in [-0.2, 0) is 4.79 Å². The van der Waals surface area contributed by atoms with Gasteiger partial charge in [0.15, 0.2) is 0 Å². The Balaban J connectivity index is 2.25. The van der Waals surface area contributed by atoms with Gasteiger partial charge in [0.25, 0.3) is 0 Å². The van der Waals surface area contributed by atoms with Gasteiger partial charge in [-0.05, 0) is 18.2 Å². The minimum absolute atomic E-state index is 0.00200. The molecule has 1 aromatic carbocycles. The van der Waals surface area contributed by atoms with Crippen LogP contribution < -0.4 is 5.32 Å². The highest BCUT2D eigenvalue weighted by Gasteiger charge is 2.07. The zero-order valence-electron chi connectivity index (χ0n) is 8.65. The fourth-order valence-corrected chi connectivity index (χ4v) is 1.94. The first-order valence-corrected chi connectivity index (χ1v) is 5.69. The molecule has 78 valence electrons. The molecule has 0 unspecified atom stereocenters. The highest BCUT2D eigenvalue weighted by Crippen LogP contribution is 2.21. The second-order valence-electron chi connectivity index (χ2n) is 3.68. The fraction of sp³-hybridized carbons (Fsp3) is 0.273. The van der Waals surface area contributed by atoms with Crippen molar-refractivity contribution in [2.75, 3.05) is 5.32 Å². The summed E-state index contributed by atoms with van der Waals surface area (Å²) in [6.45, 7) is 3.75. The van der Waals surface area contributed by atoms with E-state index in [1.54, 1.807) is 16.8 Å². The summed E-state index contributed by atoms with van der Waals surface area (Å²) in [4.78, 5) is 15.6. The smallest absolute Gasteiger partial charge is 0.226 e. The SMILES string of the molecule is CC(C)C(=O)Nc1ccc2ncsc2c1. The molecule has 3 nitrogen and oxygen atoms in total. The third-order valence-corrected chi connectivity index (χ3v) is 2.91. The first kappa shape index (κ1) is 10.1. The molecule has 0 spiro atoms. The Kier molecular flexibility index (Phi) is 2.68. The number of fused-ring (bicyclic) bond motifs is 1. The number of carbonyl (C=O) groups excluding carboxylic acids is 1. The lowest BCUT2D eigenvalue weighted by molar-refractivity contribution is -0.118. The van der Waals surface area contributed by atoms with E-state index >= 15 is 0 Å². The molecule has 0 saturated carbocycles. The Labute approximate surface area is 92.1 Å². The number of thiazole rings is 1. The lowest BCUT2D eigenvalue weighted by Gasteiger charge is -2.06. The molecule has 0 fully saturated rings. The molecule has 0 aliphatic rings. The summed E-state index contributed by atoms with van der Waals surface area (Å²) in [5.74, 6) is 0.0426. The zero-order chi connectivity index (χ0) is 10.8. The lowest BCUT2D eigenvalue weighted by Crippen LogP contribution is -2.17. The highest BCUT2D eigenvalue weighted by atomic mass is 32.1. The van der Waals surface area contributed by atoms with Crippen LogP contribution in [0, 0.1) is 5.92 Å². The summed E-state index contributed by atoms with van der Waals surface area (Å²) in [6, 6.07) is 5.75. The molecule has 0 aliphatic heterocycles. The van der Waals surface area contributed by atoms with Gasteiger partial charge in [-0.25, -0.2) is 4.98 Å². The van der Waals surface area contributed by atoms with E-state index in [9.17, 15) is 4.79 Å². The molecule has 1 aromatic heterocycles. The van der Waals surface area contributed by atoms with Gasteiger partial charge in [0.1, 0.15) is 0 Å². The Bertz CT molecular complexity index is 490. The second kappa shape index (κ2) is 3.98. The average molecular weight is 220 g/mol. The zero-order valence-corrected chi connectivity index (χ0v) is 9.47. The number of nitrogens with zero attached hydrogens (tertiary/aromatic N) is 1. The van der Waals surface area contributed by atoms with Crippen molar-refractivity contribution in [1.29, 1.82) is 0 Å². The van der Waals surface area contributed by atoms with Crippen LogP contribution in [0.1, 0.15) is 13.8 Å². The van der Waals surface area contributed by atoms with Crippen molar-refractivity contribution in [1.82, 2.24) is 4.98 Å². The first-order chi connectivity index (χ1) is 7.16. The number of anilines is 1. The van der Waals surface area contributed by atoms with Crippen LogP contribution in [-0.4, -0.2) is 10.9 Å². The van der Waals surface area contributed by atoms with E-state index in [4.69, 9.17) is 0 Å². The molecule has 0 bridgehead atoms. The molecule has 0 radical (unpaired) electrons. The average Bonchev–Trinajstić information content (AvgIpc) is 2.64. The molecule has 0 saturated heterocycles. The van der Waals surface area contributed by atoms with Gasteiger partial charge in [-0.3, -0.25) is 4.79 Å². The van der Waals surface area contributed by atoms with Crippen LogP contribution in [0.25, 0.3) is 10.2 Å². The molecule has 4 heteroatoms. The number of hydrogen-bond donors (Lipinski definition) is 1. The minimum Gasteiger partial charge on any atom is -0.326 e. The maximum Gasteiger partial charge on any atom is 0.226 e. The fourth-order valence-electron chi connectivity index (χ4n) is 1.22. The molecule has 1 heterocycles. The number of benzene rings is 1. The maximum atomic E-state index is 11.5. The van der Waals surface area contributed by atoms with E-state index in [0.717, 1.165) is 15.9 Å². The van der Waals surface area contributed by atoms with Crippen LogP contribution in [0.2, 0.25) is 0 Å². The number of hydrogen-bond acceptors (Lipinski definition) is 3. The summed E-state index contributed by atoms with van der Waals surface area (Å²) in [6.07, 6.45) is 0. The summed E-state index contributed by atoms with van der Waals surface area (Å²) in [5.41, 5.74) is 3.62. The predicted octanol–water partition coefficient (Wildman–Crippen LogP) is 2.89. The van der Waals surface area contributed by atoms with Crippen LogP contribution >= 0.6 is 11.3 Å². The lowest BCUT2D eigenvalue weighted by atomic mass is 10.2. The Morgan fingerprint density at radius 1 is 1.47 bits per heavy atom. The highest BCUT2D eigenvalue weighted by molar-refractivity contribution is 7.16. The molecule has 0 atom stereocenters. The van der Waals surface area contributed by atoms with Crippen molar-refractivity contribution in [3.63, 3.8) is 0 Å². The van der Waals surface area contributed by atoms with E-state index in [1.807, 2.05) is 32.0 Å². The monoisotopic (exact) mass is 220 g/mol. The molecule has 2 aromatic rings. The van der Waals surface area contributed by atoms with Gasteiger partial charge in [0, 0.05) is 11.6 Å². The van der Waals surface area contributed by atoms with Gasteiger partial charge in [0.05, 0.1) is 15.7 Å². The number of carbonyl (C=O) groups is 1. The van der Waals surface area contributed by atoms with Gasteiger partial charge in [0.2, 0.25) is 5.91 Å². The molecule has 1 N–H and O–H groups in total. The maximum absolute atomic E-state index is 11.5. The molecule has 0 aliphatic carbocycles. The summed E-state index contributed by atoms with van der Waals surface area (Å²) >= 11 is 1.57. The molecule has 15 heavy (non-hydrogen) atoms. The van der Waals surface area contributed by atoms with Crippen molar-refractivity contribution in [2.24, 2.45) is 5.92 Å². The van der Waals surface area contributed by atoms with Crippen molar-refractivity contribution in [3.05, 3.63) is 23.7 Å². The number of aromatic nitrogens is 1. The van der Waals surface area contributed by atoms with Crippen LogP contribution in [0.3, 0.4) is 0 Å². The predicted molar refractivity (Wildman–Crippen MR) is 63.1 cm³/mol. The third-order valence-electron chi connectivity index (χ3n) is 2.12. The quantitative estimate of drug-likeness (QED) is 0.845.